The average Bonchev–Trinajstić information content (AvgIpc) is 2.47. The normalized spacial score (nSPS) is 10.0. The number of nitrogens with one attached hydrogen (secondary N) is 1. The lowest BCUT2D eigenvalue weighted by Crippen LogP contribution is -2.11. The van der Waals surface area contributed by atoms with Crippen molar-refractivity contribution in [3.05, 3.63) is 48.3 Å². The number of hydrogen-bond acceptors (Lipinski definition) is 3. The largest absolute Gasteiger partial charge is 0.453 e. The van der Waals surface area contributed by atoms with Crippen LogP contribution in [0.25, 0.3) is 11.1 Å². The summed E-state index contributed by atoms with van der Waals surface area (Å²) in [4.78, 5) is 15.3. The van der Waals surface area contributed by atoms with Gasteiger partial charge in [0.2, 0.25) is 0 Å². The molecule has 4 nitrogen and oxygen atoms in total. The van der Waals surface area contributed by atoms with Gasteiger partial charge in [-0.15, -0.1) is 0 Å². The third kappa shape index (κ3) is 3.31. The summed E-state index contributed by atoms with van der Waals surface area (Å²) < 4.78 is 4.55. The summed E-state index contributed by atoms with van der Waals surface area (Å²) in [5.74, 6) is 0. The number of pyridine rings is 1. The van der Waals surface area contributed by atoms with Gasteiger partial charge in [-0.1, -0.05) is 31.2 Å². The van der Waals surface area contributed by atoms with Gasteiger partial charge in [-0.05, 0) is 23.6 Å². The van der Waals surface area contributed by atoms with Crippen LogP contribution in [-0.2, 0) is 11.2 Å². The second-order valence-corrected chi connectivity index (χ2v) is 4.13. The van der Waals surface area contributed by atoms with Gasteiger partial charge >= 0.3 is 6.09 Å². The molecule has 0 radical (unpaired) electrons. The van der Waals surface area contributed by atoms with Gasteiger partial charge < -0.3 is 4.74 Å². The highest BCUT2D eigenvalue weighted by Gasteiger charge is 2.03. The van der Waals surface area contributed by atoms with Crippen LogP contribution in [0.5, 0.6) is 0 Å². The summed E-state index contributed by atoms with van der Waals surface area (Å²) >= 11 is 0. The summed E-state index contributed by atoms with van der Waals surface area (Å²) in [5.41, 5.74) is 3.93. The van der Waals surface area contributed by atoms with Crippen molar-refractivity contribution in [3.63, 3.8) is 0 Å². The summed E-state index contributed by atoms with van der Waals surface area (Å²) in [6.45, 7) is 2.12. The zero-order valence-electron chi connectivity index (χ0n) is 11.0. The number of amides is 1. The Bertz CT molecular complexity index is 565. The first-order valence-electron chi connectivity index (χ1n) is 6.12. The molecule has 0 saturated heterocycles. The highest BCUT2D eigenvalue weighted by atomic mass is 16.5. The van der Waals surface area contributed by atoms with Gasteiger partial charge in [0.25, 0.3) is 0 Å². The van der Waals surface area contributed by atoms with Gasteiger partial charge in [-0.25, -0.2) is 4.79 Å². The van der Waals surface area contributed by atoms with E-state index in [4.69, 9.17) is 0 Å². The van der Waals surface area contributed by atoms with Crippen LogP contribution in [0.2, 0.25) is 0 Å². The molecule has 0 atom stereocenters. The molecule has 1 heterocycles. The van der Waals surface area contributed by atoms with Crippen LogP contribution >= 0.6 is 0 Å². The highest BCUT2D eigenvalue weighted by molar-refractivity contribution is 5.85. The van der Waals surface area contributed by atoms with Gasteiger partial charge in [-0.3, -0.25) is 10.3 Å². The lowest BCUT2D eigenvalue weighted by Gasteiger charge is -2.06. The third-order valence-corrected chi connectivity index (χ3v) is 2.87. The van der Waals surface area contributed by atoms with Crippen LogP contribution in [0.4, 0.5) is 10.5 Å². The Morgan fingerprint density at radius 1 is 1.21 bits per heavy atom. The van der Waals surface area contributed by atoms with Gasteiger partial charge in [0, 0.05) is 11.8 Å². The molecule has 0 fully saturated rings. The smallest absolute Gasteiger partial charge is 0.411 e. The quantitative estimate of drug-likeness (QED) is 0.914. The molecule has 1 aromatic carbocycles. The maximum Gasteiger partial charge on any atom is 0.411 e. The van der Waals surface area contributed by atoms with E-state index in [1.165, 1.54) is 12.7 Å². The number of aromatic nitrogens is 1. The van der Waals surface area contributed by atoms with Crippen molar-refractivity contribution in [2.45, 2.75) is 13.3 Å². The molecule has 0 unspecified atom stereocenters. The molecular formula is C15H16N2O2. The second kappa shape index (κ2) is 6.00. The van der Waals surface area contributed by atoms with Gasteiger partial charge in [-0.2, -0.15) is 0 Å². The lowest BCUT2D eigenvalue weighted by atomic mass is 10.0. The van der Waals surface area contributed by atoms with Crippen LogP contribution in [0.3, 0.4) is 0 Å². The summed E-state index contributed by atoms with van der Waals surface area (Å²) in [5, 5.41) is 2.60. The SMILES string of the molecule is CCc1ccc(-c2cncc(NC(=O)OC)c2)cc1. The van der Waals surface area contributed by atoms with Gasteiger partial charge in [0.1, 0.15) is 0 Å². The number of carbonyl (C=O) groups is 1. The Balaban J connectivity index is 2.24. The van der Waals surface area contributed by atoms with Crippen LogP contribution in [0.1, 0.15) is 12.5 Å². The fourth-order valence-electron chi connectivity index (χ4n) is 1.77. The number of ether oxygens (including phenoxy) is 1. The van der Waals surface area contributed by atoms with E-state index in [1.807, 2.05) is 6.07 Å². The molecule has 1 amide bonds. The fraction of sp³-hybridized carbons (Fsp3) is 0.200. The van der Waals surface area contributed by atoms with Crippen molar-refractivity contribution in [2.75, 3.05) is 12.4 Å². The van der Waals surface area contributed by atoms with E-state index in [-0.39, 0.29) is 0 Å². The molecule has 0 aliphatic carbocycles. The van der Waals surface area contributed by atoms with Gasteiger partial charge in [0.05, 0.1) is 19.0 Å². The van der Waals surface area contributed by atoms with E-state index >= 15 is 0 Å². The molecule has 2 rings (SSSR count). The Morgan fingerprint density at radius 2 is 1.95 bits per heavy atom. The van der Waals surface area contributed by atoms with E-state index in [1.54, 1.807) is 12.4 Å². The molecule has 0 bridgehead atoms. The highest BCUT2D eigenvalue weighted by Crippen LogP contribution is 2.22. The summed E-state index contributed by atoms with van der Waals surface area (Å²) in [7, 11) is 1.33. The molecule has 1 N–H and O–H groups in total. The number of carbonyl (C=O) groups excluding carboxylic acids is 1. The molecule has 0 aliphatic rings. The minimum Gasteiger partial charge on any atom is -0.453 e. The monoisotopic (exact) mass is 256 g/mol. The van der Waals surface area contributed by atoms with E-state index in [0.29, 0.717) is 5.69 Å². The molecule has 0 saturated carbocycles. The van der Waals surface area contributed by atoms with Crippen LogP contribution in [0.15, 0.2) is 42.7 Å². The number of nitrogens with zero attached hydrogens (tertiary/aromatic N) is 1. The first-order valence-corrected chi connectivity index (χ1v) is 6.12. The van der Waals surface area contributed by atoms with Crippen molar-refractivity contribution in [2.24, 2.45) is 0 Å². The predicted molar refractivity (Wildman–Crippen MR) is 75.1 cm³/mol. The summed E-state index contributed by atoms with van der Waals surface area (Å²) in [6.07, 6.45) is 3.87. The standard InChI is InChI=1S/C15H16N2O2/c1-3-11-4-6-12(7-5-11)13-8-14(10-16-9-13)17-15(18)19-2/h4-10H,3H2,1-2H3,(H,17,18). The summed E-state index contributed by atoms with van der Waals surface area (Å²) in [6, 6.07) is 10.2. The van der Waals surface area contributed by atoms with Crippen molar-refractivity contribution in [3.8, 4) is 11.1 Å². The predicted octanol–water partition coefficient (Wildman–Crippen LogP) is 3.49. The third-order valence-electron chi connectivity index (χ3n) is 2.87. The second-order valence-electron chi connectivity index (χ2n) is 4.13. The van der Waals surface area contributed by atoms with E-state index in [0.717, 1.165) is 17.5 Å². The molecule has 0 aliphatic heterocycles. The first kappa shape index (κ1) is 13.1. The molecular weight excluding hydrogens is 240 g/mol. The molecule has 98 valence electrons. The number of rotatable bonds is 3. The molecule has 1 aromatic heterocycles. The number of hydrogen-bond donors (Lipinski definition) is 1. The number of methoxy groups -OCH3 is 1. The lowest BCUT2D eigenvalue weighted by molar-refractivity contribution is 0.187. The number of aryl methyl sites for hydroxylation is 1. The maximum atomic E-state index is 11.2. The Morgan fingerprint density at radius 3 is 2.58 bits per heavy atom. The number of benzene rings is 1. The first-order chi connectivity index (χ1) is 9.22. The van der Waals surface area contributed by atoms with Crippen LogP contribution in [-0.4, -0.2) is 18.2 Å². The van der Waals surface area contributed by atoms with Crippen molar-refractivity contribution in [1.82, 2.24) is 4.98 Å². The van der Waals surface area contributed by atoms with E-state index < -0.39 is 6.09 Å². The minimum absolute atomic E-state index is 0.500. The fourth-order valence-corrected chi connectivity index (χ4v) is 1.77. The maximum absolute atomic E-state index is 11.2. The zero-order chi connectivity index (χ0) is 13.7. The van der Waals surface area contributed by atoms with Crippen LogP contribution < -0.4 is 5.32 Å². The zero-order valence-corrected chi connectivity index (χ0v) is 11.0. The number of anilines is 1. The molecule has 2 aromatic rings. The molecule has 0 spiro atoms. The average molecular weight is 256 g/mol. The Hall–Kier alpha value is -2.36. The Kier molecular flexibility index (Phi) is 4.13. The topological polar surface area (TPSA) is 51.2 Å². The Labute approximate surface area is 112 Å². The van der Waals surface area contributed by atoms with E-state index in [2.05, 4.69) is 46.2 Å². The van der Waals surface area contributed by atoms with Crippen molar-refractivity contribution >= 4 is 11.8 Å². The van der Waals surface area contributed by atoms with Crippen LogP contribution in [0, 0.1) is 0 Å². The van der Waals surface area contributed by atoms with E-state index in [9.17, 15) is 4.79 Å². The van der Waals surface area contributed by atoms with Gasteiger partial charge in [0.15, 0.2) is 0 Å². The minimum atomic E-state index is -0.500. The molecule has 19 heavy (non-hydrogen) atoms. The molecule has 4 heteroatoms. The van der Waals surface area contributed by atoms with Crippen molar-refractivity contribution < 1.29 is 9.53 Å². The van der Waals surface area contributed by atoms with Crippen molar-refractivity contribution in [1.29, 1.82) is 0 Å².